The lowest BCUT2D eigenvalue weighted by Gasteiger charge is -2.42. The summed E-state index contributed by atoms with van der Waals surface area (Å²) >= 11 is 3.50. The number of halogens is 1. The van der Waals surface area contributed by atoms with Gasteiger partial charge in [-0.3, -0.25) is 4.90 Å². The van der Waals surface area contributed by atoms with Crippen LogP contribution in [0.15, 0.2) is 10.7 Å². The Morgan fingerprint density at radius 3 is 2.20 bits per heavy atom. The van der Waals surface area contributed by atoms with Gasteiger partial charge in [0, 0.05) is 43.7 Å². The summed E-state index contributed by atoms with van der Waals surface area (Å²) in [4.78, 5) is 14.1. The number of hydrogen-bond acceptors (Lipinski definition) is 4. The second-order valence-corrected chi connectivity index (χ2v) is 7.52. The van der Waals surface area contributed by atoms with Crippen LogP contribution in [-0.2, 0) is 0 Å². The molecule has 1 aliphatic heterocycles. The normalized spacial score (nSPS) is 17.9. The fraction of sp³-hybridized carbons (Fsp3) is 0.733. The van der Waals surface area contributed by atoms with Crippen molar-refractivity contribution in [2.45, 2.75) is 46.1 Å². The predicted molar refractivity (Wildman–Crippen MR) is 87.4 cm³/mol. The number of piperazine rings is 1. The molecule has 0 aromatic carbocycles. The van der Waals surface area contributed by atoms with Crippen LogP contribution in [0.5, 0.6) is 0 Å². The molecule has 112 valence electrons. The Morgan fingerprint density at radius 1 is 1.10 bits per heavy atom. The topological polar surface area (TPSA) is 32.3 Å². The van der Waals surface area contributed by atoms with E-state index in [1.807, 2.05) is 6.07 Å². The van der Waals surface area contributed by atoms with Gasteiger partial charge in [0.25, 0.3) is 0 Å². The molecule has 0 N–H and O–H groups in total. The lowest BCUT2D eigenvalue weighted by Crippen LogP contribution is -2.53. The van der Waals surface area contributed by atoms with Gasteiger partial charge in [-0.1, -0.05) is 13.8 Å². The van der Waals surface area contributed by atoms with Crippen molar-refractivity contribution in [3.05, 3.63) is 16.5 Å². The van der Waals surface area contributed by atoms with E-state index < -0.39 is 0 Å². The maximum atomic E-state index is 4.71. The van der Waals surface area contributed by atoms with Gasteiger partial charge < -0.3 is 4.90 Å². The molecule has 0 aliphatic carbocycles. The van der Waals surface area contributed by atoms with Crippen molar-refractivity contribution < 1.29 is 0 Å². The molecular formula is C15H25BrN4. The van der Waals surface area contributed by atoms with Crippen LogP contribution in [0.3, 0.4) is 0 Å². The van der Waals surface area contributed by atoms with Crippen LogP contribution in [-0.4, -0.2) is 46.6 Å². The average molecular weight is 341 g/mol. The van der Waals surface area contributed by atoms with Crippen LogP contribution in [0.4, 0.5) is 5.82 Å². The summed E-state index contributed by atoms with van der Waals surface area (Å²) in [7, 11) is 0. The van der Waals surface area contributed by atoms with Crippen molar-refractivity contribution in [2.75, 3.05) is 31.1 Å². The van der Waals surface area contributed by atoms with Crippen LogP contribution in [0.1, 0.15) is 46.4 Å². The van der Waals surface area contributed by atoms with E-state index in [0.29, 0.717) is 5.92 Å². The number of aromatic nitrogens is 2. The van der Waals surface area contributed by atoms with Crippen LogP contribution in [0.25, 0.3) is 0 Å². The fourth-order valence-electron chi connectivity index (χ4n) is 2.45. The summed E-state index contributed by atoms with van der Waals surface area (Å²) < 4.78 is 0.879. The molecule has 5 heteroatoms. The van der Waals surface area contributed by atoms with E-state index >= 15 is 0 Å². The zero-order valence-corrected chi connectivity index (χ0v) is 14.7. The van der Waals surface area contributed by atoms with Crippen molar-refractivity contribution in [2.24, 2.45) is 0 Å². The molecule has 1 aromatic rings. The molecule has 2 heterocycles. The third-order valence-electron chi connectivity index (χ3n) is 3.77. The van der Waals surface area contributed by atoms with Gasteiger partial charge in [-0.15, -0.1) is 0 Å². The summed E-state index contributed by atoms with van der Waals surface area (Å²) in [6.45, 7) is 15.3. The molecule has 1 aliphatic rings. The third kappa shape index (κ3) is 3.70. The van der Waals surface area contributed by atoms with Gasteiger partial charge in [0.2, 0.25) is 0 Å². The molecular weight excluding hydrogens is 316 g/mol. The summed E-state index contributed by atoms with van der Waals surface area (Å²) in [5.74, 6) is 2.30. The minimum atomic E-state index is 0.251. The number of anilines is 1. The van der Waals surface area contributed by atoms with E-state index in [-0.39, 0.29) is 5.54 Å². The van der Waals surface area contributed by atoms with Gasteiger partial charge in [-0.2, -0.15) is 0 Å². The van der Waals surface area contributed by atoms with E-state index in [1.165, 1.54) is 0 Å². The first-order valence-corrected chi connectivity index (χ1v) is 8.11. The van der Waals surface area contributed by atoms with E-state index in [9.17, 15) is 0 Å². The molecule has 0 amide bonds. The van der Waals surface area contributed by atoms with E-state index in [2.05, 4.69) is 65.3 Å². The van der Waals surface area contributed by atoms with Gasteiger partial charge in [0.1, 0.15) is 16.2 Å². The lowest BCUT2D eigenvalue weighted by molar-refractivity contribution is 0.128. The van der Waals surface area contributed by atoms with Crippen molar-refractivity contribution in [3.63, 3.8) is 0 Å². The van der Waals surface area contributed by atoms with Crippen molar-refractivity contribution >= 4 is 21.7 Å². The Kier molecular flexibility index (Phi) is 4.69. The monoisotopic (exact) mass is 340 g/mol. The Hall–Kier alpha value is -0.680. The van der Waals surface area contributed by atoms with Gasteiger partial charge in [-0.05, 0) is 36.7 Å². The molecule has 0 radical (unpaired) electrons. The molecule has 1 aromatic heterocycles. The highest BCUT2D eigenvalue weighted by molar-refractivity contribution is 9.10. The molecule has 4 nitrogen and oxygen atoms in total. The Bertz CT molecular complexity index is 459. The van der Waals surface area contributed by atoms with E-state index in [0.717, 1.165) is 42.4 Å². The minimum absolute atomic E-state index is 0.251. The summed E-state index contributed by atoms with van der Waals surface area (Å²) in [5.41, 5.74) is 0.251. The first-order chi connectivity index (χ1) is 9.27. The summed E-state index contributed by atoms with van der Waals surface area (Å²) in [6.07, 6.45) is 0. The number of hydrogen-bond donors (Lipinski definition) is 0. The minimum Gasteiger partial charge on any atom is -0.354 e. The van der Waals surface area contributed by atoms with E-state index in [1.54, 1.807) is 0 Å². The van der Waals surface area contributed by atoms with Crippen LogP contribution in [0, 0.1) is 0 Å². The summed E-state index contributed by atoms with van der Waals surface area (Å²) in [6, 6.07) is 2.03. The SMILES string of the molecule is CC(C)c1nc(Br)cc(N2CCN(C(C)(C)C)CC2)n1. The third-order valence-corrected chi connectivity index (χ3v) is 4.17. The Balaban J connectivity index is 2.11. The van der Waals surface area contributed by atoms with Crippen LogP contribution >= 0.6 is 15.9 Å². The lowest BCUT2D eigenvalue weighted by atomic mass is 10.1. The van der Waals surface area contributed by atoms with Crippen molar-refractivity contribution in [1.29, 1.82) is 0 Å². The van der Waals surface area contributed by atoms with E-state index in [4.69, 9.17) is 4.98 Å². The molecule has 0 bridgehead atoms. The smallest absolute Gasteiger partial charge is 0.134 e. The number of nitrogens with zero attached hydrogens (tertiary/aromatic N) is 4. The molecule has 1 saturated heterocycles. The average Bonchev–Trinajstić information content (AvgIpc) is 2.37. The molecule has 0 atom stereocenters. The van der Waals surface area contributed by atoms with Crippen molar-refractivity contribution in [1.82, 2.24) is 14.9 Å². The van der Waals surface area contributed by atoms with Crippen LogP contribution in [0.2, 0.25) is 0 Å². The van der Waals surface area contributed by atoms with Gasteiger partial charge in [0.05, 0.1) is 0 Å². The van der Waals surface area contributed by atoms with Crippen LogP contribution < -0.4 is 4.90 Å². The predicted octanol–water partition coefficient (Wildman–Crippen LogP) is 3.28. The molecule has 20 heavy (non-hydrogen) atoms. The molecule has 0 unspecified atom stereocenters. The first-order valence-electron chi connectivity index (χ1n) is 7.32. The largest absolute Gasteiger partial charge is 0.354 e. The zero-order chi connectivity index (χ0) is 14.9. The molecule has 1 fully saturated rings. The quantitative estimate of drug-likeness (QED) is 0.773. The molecule has 0 spiro atoms. The Morgan fingerprint density at radius 2 is 1.70 bits per heavy atom. The van der Waals surface area contributed by atoms with Gasteiger partial charge >= 0.3 is 0 Å². The Labute approximate surface area is 130 Å². The fourth-order valence-corrected chi connectivity index (χ4v) is 2.84. The standard InChI is InChI=1S/C15H25BrN4/c1-11(2)14-17-12(16)10-13(18-14)19-6-8-20(9-7-19)15(3,4)5/h10-11H,6-9H2,1-5H3. The zero-order valence-electron chi connectivity index (χ0n) is 13.1. The highest BCUT2D eigenvalue weighted by Crippen LogP contribution is 2.23. The molecule has 0 saturated carbocycles. The molecule has 2 rings (SSSR count). The first kappa shape index (κ1) is 15.7. The van der Waals surface area contributed by atoms with Gasteiger partial charge in [-0.25, -0.2) is 9.97 Å². The highest BCUT2D eigenvalue weighted by atomic mass is 79.9. The maximum Gasteiger partial charge on any atom is 0.134 e. The van der Waals surface area contributed by atoms with Crippen molar-refractivity contribution in [3.8, 4) is 0 Å². The second kappa shape index (κ2) is 5.98. The highest BCUT2D eigenvalue weighted by Gasteiger charge is 2.26. The number of rotatable bonds is 2. The van der Waals surface area contributed by atoms with Gasteiger partial charge in [0.15, 0.2) is 0 Å². The summed E-state index contributed by atoms with van der Waals surface area (Å²) in [5, 5.41) is 0. The maximum absolute atomic E-state index is 4.71. The second-order valence-electron chi connectivity index (χ2n) is 6.71.